The van der Waals surface area contributed by atoms with Gasteiger partial charge in [-0.05, 0) is 25.1 Å². The second-order valence-electron chi connectivity index (χ2n) is 5.31. The fourth-order valence-corrected chi connectivity index (χ4v) is 3.33. The summed E-state index contributed by atoms with van der Waals surface area (Å²) in [4.78, 5) is 18.0. The lowest BCUT2D eigenvalue weighted by Gasteiger charge is -2.06. The van der Waals surface area contributed by atoms with Crippen LogP contribution in [0.4, 0.5) is 0 Å². The van der Waals surface area contributed by atoms with E-state index in [4.69, 9.17) is 4.74 Å². The maximum Gasteiger partial charge on any atom is 0.251 e. The zero-order valence-electron chi connectivity index (χ0n) is 13.6. The maximum atomic E-state index is 12.3. The van der Waals surface area contributed by atoms with Gasteiger partial charge in [0.05, 0.1) is 19.3 Å². The van der Waals surface area contributed by atoms with Crippen LogP contribution in [0.5, 0.6) is 5.75 Å². The lowest BCUT2D eigenvalue weighted by Crippen LogP contribution is -2.22. The van der Waals surface area contributed by atoms with Crippen molar-refractivity contribution in [3.63, 3.8) is 0 Å². The Kier molecular flexibility index (Phi) is 4.91. The molecule has 4 nitrogen and oxygen atoms in total. The summed E-state index contributed by atoms with van der Waals surface area (Å²) in [7, 11) is 1.59. The van der Waals surface area contributed by atoms with Crippen molar-refractivity contribution >= 4 is 17.2 Å². The molecule has 0 aliphatic carbocycles. The van der Waals surface area contributed by atoms with Gasteiger partial charge in [-0.3, -0.25) is 4.79 Å². The zero-order valence-corrected chi connectivity index (χ0v) is 14.4. The molecule has 2 aromatic carbocycles. The summed E-state index contributed by atoms with van der Waals surface area (Å²) in [6, 6.07) is 17.2. The number of aromatic nitrogens is 1. The smallest absolute Gasteiger partial charge is 0.251 e. The molecule has 3 rings (SSSR count). The van der Waals surface area contributed by atoms with Crippen LogP contribution in [0.1, 0.15) is 20.9 Å². The van der Waals surface area contributed by atoms with E-state index in [-0.39, 0.29) is 5.91 Å². The van der Waals surface area contributed by atoms with Crippen molar-refractivity contribution in [2.45, 2.75) is 13.5 Å². The first-order valence-corrected chi connectivity index (χ1v) is 8.43. The average Bonchev–Trinajstić information content (AvgIpc) is 3.01. The van der Waals surface area contributed by atoms with Crippen LogP contribution in [0.15, 0.2) is 54.6 Å². The second kappa shape index (κ2) is 7.27. The van der Waals surface area contributed by atoms with Gasteiger partial charge in [0.25, 0.3) is 5.91 Å². The van der Waals surface area contributed by atoms with E-state index in [1.54, 1.807) is 36.6 Å². The van der Waals surface area contributed by atoms with E-state index < -0.39 is 0 Å². The lowest BCUT2D eigenvalue weighted by molar-refractivity contribution is 0.0951. The number of aryl methyl sites for hydroxylation is 1. The van der Waals surface area contributed by atoms with Crippen LogP contribution in [0.2, 0.25) is 0 Å². The van der Waals surface area contributed by atoms with Gasteiger partial charge in [-0.1, -0.05) is 36.4 Å². The zero-order chi connectivity index (χ0) is 16.9. The second-order valence-corrected chi connectivity index (χ2v) is 6.39. The van der Waals surface area contributed by atoms with Gasteiger partial charge in [0.1, 0.15) is 10.8 Å². The summed E-state index contributed by atoms with van der Waals surface area (Å²) in [6.07, 6.45) is 0. The molecule has 24 heavy (non-hydrogen) atoms. The first-order chi connectivity index (χ1) is 11.7. The molecule has 122 valence electrons. The first kappa shape index (κ1) is 16.2. The van der Waals surface area contributed by atoms with Crippen molar-refractivity contribution in [3.05, 3.63) is 70.7 Å². The summed E-state index contributed by atoms with van der Waals surface area (Å²) in [5.41, 5.74) is 2.63. The molecule has 1 N–H and O–H groups in total. The van der Waals surface area contributed by atoms with Gasteiger partial charge in [0, 0.05) is 16.0 Å². The molecular formula is C19H18N2O2S. The van der Waals surface area contributed by atoms with Gasteiger partial charge in [-0.25, -0.2) is 4.98 Å². The fraction of sp³-hybridized carbons (Fsp3) is 0.158. The summed E-state index contributed by atoms with van der Waals surface area (Å²) < 4.78 is 5.15. The van der Waals surface area contributed by atoms with E-state index in [9.17, 15) is 4.79 Å². The van der Waals surface area contributed by atoms with Gasteiger partial charge < -0.3 is 10.1 Å². The van der Waals surface area contributed by atoms with Crippen molar-refractivity contribution in [3.8, 4) is 16.3 Å². The van der Waals surface area contributed by atoms with Crippen LogP contribution >= 0.6 is 11.3 Å². The number of amides is 1. The number of thiazole rings is 1. The van der Waals surface area contributed by atoms with Crippen molar-refractivity contribution in [1.29, 1.82) is 0 Å². The average molecular weight is 338 g/mol. The lowest BCUT2D eigenvalue weighted by atomic mass is 10.2. The molecule has 5 heteroatoms. The molecule has 0 unspecified atom stereocenters. The fourth-order valence-electron chi connectivity index (χ4n) is 2.32. The molecule has 0 saturated carbocycles. The molecule has 0 fully saturated rings. The summed E-state index contributed by atoms with van der Waals surface area (Å²) in [5.74, 6) is 0.547. The number of methoxy groups -OCH3 is 1. The van der Waals surface area contributed by atoms with Gasteiger partial charge in [0.15, 0.2) is 0 Å². The van der Waals surface area contributed by atoms with E-state index in [2.05, 4.69) is 10.3 Å². The number of carbonyl (C=O) groups excluding carboxylic acids is 1. The Labute approximate surface area is 145 Å². The Hall–Kier alpha value is -2.66. The summed E-state index contributed by atoms with van der Waals surface area (Å²) in [6.45, 7) is 2.43. The Morgan fingerprint density at radius 2 is 1.96 bits per heavy atom. The number of hydrogen-bond donors (Lipinski definition) is 1. The molecule has 1 amide bonds. The van der Waals surface area contributed by atoms with Gasteiger partial charge >= 0.3 is 0 Å². The number of benzene rings is 2. The largest absolute Gasteiger partial charge is 0.497 e. The van der Waals surface area contributed by atoms with Crippen LogP contribution in [0.25, 0.3) is 10.6 Å². The third-order valence-electron chi connectivity index (χ3n) is 3.65. The number of rotatable bonds is 5. The highest BCUT2D eigenvalue weighted by Crippen LogP contribution is 2.27. The quantitative estimate of drug-likeness (QED) is 0.763. The van der Waals surface area contributed by atoms with Crippen molar-refractivity contribution < 1.29 is 9.53 Å². The molecule has 0 spiro atoms. The molecule has 0 bridgehead atoms. The number of ether oxygens (including phenoxy) is 1. The number of carbonyl (C=O) groups is 1. The summed E-state index contributed by atoms with van der Waals surface area (Å²) in [5, 5.41) is 3.92. The van der Waals surface area contributed by atoms with Crippen LogP contribution in [-0.4, -0.2) is 18.0 Å². The molecule has 0 radical (unpaired) electrons. The predicted octanol–water partition coefficient (Wildman–Crippen LogP) is 4.06. The van der Waals surface area contributed by atoms with Crippen LogP contribution < -0.4 is 10.1 Å². The monoisotopic (exact) mass is 338 g/mol. The number of nitrogens with one attached hydrogen (secondary N) is 1. The third-order valence-corrected chi connectivity index (χ3v) is 4.86. The van der Waals surface area contributed by atoms with E-state index in [1.165, 1.54) is 0 Å². The van der Waals surface area contributed by atoms with E-state index in [0.717, 1.165) is 21.1 Å². The van der Waals surface area contributed by atoms with Crippen LogP contribution in [0.3, 0.4) is 0 Å². The minimum Gasteiger partial charge on any atom is -0.497 e. The third kappa shape index (κ3) is 3.63. The molecule has 0 atom stereocenters. The van der Waals surface area contributed by atoms with E-state index in [0.29, 0.717) is 17.9 Å². The molecule has 0 saturated heterocycles. The standard InChI is InChI=1S/C19H18N2O2S/c1-13-17(24-19(21-13)14-7-4-3-5-8-14)12-20-18(22)15-9-6-10-16(11-15)23-2/h3-11H,12H2,1-2H3,(H,20,22). The number of hydrogen-bond acceptors (Lipinski definition) is 4. The molecule has 0 aliphatic heterocycles. The molecule has 3 aromatic rings. The SMILES string of the molecule is COc1cccc(C(=O)NCc2sc(-c3ccccc3)nc2C)c1. The van der Waals surface area contributed by atoms with Gasteiger partial charge in [0.2, 0.25) is 0 Å². The highest BCUT2D eigenvalue weighted by Gasteiger charge is 2.11. The van der Waals surface area contributed by atoms with Gasteiger partial charge in [-0.15, -0.1) is 11.3 Å². The minimum atomic E-state index is -0.122. The maximum absolute atomic E-state index is 12.3. The first-order valence-electron chi connectivity index (χ1n) is 7.61. The van der Waals surface area contributed by atoms with Crippen molar-refractivity contribution in [2.24, 2.45) is 0 Å². The van der Waals surface area contributed by atoms with Crippen molar-refractivity contribution in [2.75, 3.05) is 7.11 Å². The van der Waals surface area contributed by atoms with E-state index >= 15 is 0 Å². The normalized spacial score (nSPS) is 10.4. The Morgan fingerprint density at radius 3 is 2.71 bits per heavy atom. The minimum absolute atomic E-state index is 0.122. The van der Waals surface area contributed by atoms with Crippen LogP contribution in [-0.2, 0) is 6.54 Å². The molecular weight excluding hydrogens is 320 g/mol. The highest BCUT2D eigenvalue weighted by atomic mass is 32.1. The number of nitrogens with zero attached hydrogens (tertiary/aromatic N) is 1. The predicted molar refractivity (Wildman–Crippen MR) is 96.5 cm³/mol. The topological polar surface area (TPSA) is 51.2 Å². The molecule has 0 aliphatic rings. The molecule has 1 aromatic heterocycles. The molecule has 1 heterocycles. The van der Waals surface area contributed by atoms with Crippen LogP contribution in [0, 0.1) is 6.92 Å². The van der Waals surface area contributed by atoms with Gasteiger partial charge in [-0.2, -0.15) is 0 Å². The highest BCUT2D eigenvalue weighted by molar-refractivity contribution is 7.15. The Morgan fingerprint density at radius 1 is 1.17 bits per heavy atom. The Balaban J connectivity index is 1.70. The Bertz CT molecular complexity index is 844. The summed E-state index contributed by atoms with van der Waals surface area (Å²) >= 11 is 1.61. The van der Waals surface area contributed by atoms with Crippen molar-refractivity contribution in [1.82, 2.24) is 10.3 Å². The van der Waals surface area contributed by atoms with E-state index in [1.807, 2.05) is 43.3 Å².